The van der Waals surface area contributed by atoms with Gasteiger partial charge in [0.1, 0.15) is 0 Å². The molecule has 0 bridgehead atoms. The molecular weight excluding hydrogens is 210 g/mol. The summed E-state index contributed by atoms with van der Waals surface area (Å²) in [4.78, 5) is 0. The van der Waals surface area contributed by atoms with Gasteiger partial charge in [0.2, 0.25) is 0 Å². The van der Waals surface area contributed by atoms with E-state index in [2.05, 4.69) is 24.3 Å². The third-order valence-electron chi connectivity index (χ3n) is 4.31. The van der Waals surface area contributed by atoms with Crippen LogP contribution in [-0.2, 0) is 13.6 Å². The molecule has 0 unspecified atom stereocenters. The Morgan fingerprint density at radius 3 is 2.71 bits per heavy atom. The standard InChI is InChI=1S/C14H25N3/c1-11(13-7-5-4-6-8-13)15-9-14-10-16-17(3)12(14)2/h10-11,13,15H,4-9H2,1-3H3/t11-/m1/s1. The van der Waals surface area contributed by atoms with E-state index in [1.54, 1.807) is 0 Å². The number of aromatic nitrogens is 2. The zero-order valence-electron chi connectivity index (χ0n) is 11.4. The Labute approximate surface area is 105 Å². The first-order valence-corrected chi connectivity index (χ1v) is 6.89. The quantitative estimate of drug-likeness (QED) is 0.869. The molecule has 3 heteroatoms. The van der Waals surface area contributed by atoms with Crippen molar-refractivity contribution in [3.8, 4) is 0 Å². The summed E-state index contributed by atoms with van der Waals surface area (Å²) in [6.45, 7) is 5.42. The first-order valence-electron chi connectivity index (χ1n) is 6.89. The maximum absolute atomic E-state index is 4.28. The van der Waals surface area contributed by atoms with Gasteiger partial charge in [0, 0.05) is 30.9 Å². The highest BCUT2D eigenvalue weighted by atomic mass is 15.3. The number of nitrogens with zero attached hydrogens (tertiary/aromatic N) is 2. The fourth-order valence-corrected chi connectivity index (χ4v) is 2.79. The molecule has 0 aromatic carbocycles. The monoisotopic (exact) mass is 235 g/mol. The summed E-state index contributed by atoms with van der Waals surface area (Å²) in [6, 6.07) is 0.634. The first-order chi connectivity index (χ1) is 8.18. The molecule has 0 spiro atoms. The molecule has 2 rings (SSSR count). The van der Waals surface area contributed by atoms with Gasteiger partial charge in [-0.3, -0.25) is 4.68 Å². The van der Waals surface area contributed by atoms with Crippen molar-refractivity contribution in [2.75, 3.05) is 0 Å². The zero-order chi connectivity index (χ0) is 12.3. The minimum Gasteiger partial charge on any atom is -0.310 e. The van der Waals surface area contributed by atoms with Gasteiger partial charge in [-0.25, -0.2) is 0 Å². The van der Waals surface area contributed by atoms with Gasteiger partial charge < -0.3 is 5.32 Å². The Morgan fingerprint density at radius 2 is 2.12 bits per heavy atom. The van der Waals surface area contributed by atoms with E-state index in [1.165, 1.54) is 43.4 Å². The van der Waals surface area contributed by atoms with Crippen LogP contribution in [0.4, 0.5) is 0 Å². The third kappa shape index (κ3) is 3.09. The Bertz CT molecular complexity index is 350. The molecular formula is C14H25N3. The van der Waals surface area contributed by atoms with Gasteiger partial charge in [-0.15, -0.1) is 0 Å². The van der Waals surface area contributed by atoms with E-state index < -0.39 is 0 Å². The van der Waals surface area contributed by atoms with Crippen LogP contribution >= 0.6 is 0 Å². The number of hydrogen-bond donors (Lipinski definition) is 1. The molecule has 3 nitrogen and oxygen atoms in total. The summed E-state index contributed by atoms with van der Waals surface area (Å²) in [6.07, 6.45) is 9.06. The largest absolute Gasteiger partial charge is 0.310 e. The van der Waals surface area contributed by atoms with Crippen LogP contribution in [-0.4, -0.2) is 15.8 Å². The van der Waals surface area contributed by atoms with E-state index in [0.717, 1.165) is 12.5 Å². The molecule has 1 aromatic heterocycles. The van der Waals surface area contributed by atoms with Gasteiger partial charge in [-0.1, -0.05) is 19.3 Å². The smallest absolute Gasteiger partial charge is 0.0537 e. The normalized spacial score (nSPS) is 19.5. The molecule has 0 saturated heterocycles. The van der Waals surface area contributed by atoms with Crippen molar-refractivity contribution >= 4 is 0 Å². The van der Waals surface area contributed by atoms with Crippen molar-refractivity contribution in [1.29, 1.82) is 0 Å². The van der Waals surface area contributed by atoms with Gasteiger partial charge in [-0.2, -0.15) is 5.10 Å². The maximum atomic E-state index is 4.28. The minimum absolute atomic E-state index is 0.634. The molecule has 1 heterocycles. The summed E-state index contributed by atoms with van der Waals surface area (Å²) < 4.78 is 1.95. The Kier molecular flexibility index (Phi) is 4.21. The van der Waals surface area contributed by atoms with E-state index in [9.17, 15) is 0 Å². The maximum Gasteiger partial charge on any atom is 0.0537 e. The van der Waals surface area contributed by atoms with E-state index in [1.807, 2.05) is 17.9 Å². The molecule has 1 N–H and O–H groups in total. The van der Waals surface area contributed by atoms with Crippen molar-refractivity contribution in [2.45, 2.75) is 58.5 Å². The molecule has 1 aliphatic rings. The van der Waals surface area contributed by atoms with Crippen LogP contribution in [0.3, 0.4) is 0 Å². The predicted octanol–water partition coefficient (Wildman–Crippen LogP) is 2.79. The average molecular weight is 235 g/mol. The second kappa shape index (κ2) is 5.67. The number of nitrogens with one attached hydrogen (secondary N) is 1. The lowest BCUT2D eigenvalue weighted by atomic mass is 9.84. The average Bonchev–Trinajstić information content (AvgIpc) is 2.68. The molecule has 17 heavy (non-hydrogen) atoms. The van der Waals surface area contributed by atoms with Gasteiger partial charge >= 0.3 is 0 Å². The van der Waals surface area contributed by atoms with Crippen LogP contribution in [0.15, 0.2) is 6.20 Å². The molecule has 1 aromatic rings. The van der Waals surface area contributed by atoms with Crippen molar-refractivity contribution in [3.63, 3.8) is 0 Å². The van der Waals surface area contributed by atoms with Gasteiger partial charge in [-0.05, 0) is 32.6 Å². The Hall–Kier alpha value is -0.830. The lowest BCUT2D eigenvalue weighted by molar-refractivity contribution is 0.280. The van der Waals surface area contributed by atoms with E-state index in [4.69, 9.17) is 0 Å². The molecule has 1 saturated carbocycles. The van der Waals surface area contributed by atoms with Crippen LogP contribution in [0.5, 0.6) is 0 Å². The summed E-state index contributed by atoms with van der Waals surface area (Å²) in [5.41, 5.74) is 2.60. The van der Waals surface area contributed by atoms with Crippen LogP contribution in [0.1, 0.15) is 50.3 Å². The Morgan fingerprint density at radius 1 is 1.41 bits per heavy atom. The van der Waals surface area contributed by atoms with Gasteiger partial charge in [0.05, 0.1) is 6.20 Å². The van der Waals surface area contributed by atoms with Gasteiger partial charge in [0.25, 0.3) is 0 Å². The molecule has 1 aliphatic carbocycles. The molecule has 0 aliphatic heterocycles. The van der Waals surface area contributed by atoms with E-state index in [-0.39, 0.29) is 0 Å². The lowest BCUT2D eigenvalue weighted by Crippen LogP contribution is -2.34. The number of hydrogen-bond acceptors (Lipinski definition) is 2. The SMILES string of the molecule is Cc1c(CN[C@H](C)C2CCCCC2)cnn1C. The van der Waals surface area contributed by atoms with Crippen molar-refractivity contribution < 1.29 is 0 Å². The van der Waals surface area contributed by atoms with Crippen LogP contribution < -0.4 is 5.32 Å². The highest BCUT2D eigenvalue weighted by molar-refractivity contribution is 5.15. The zero-order valence-corrected chi connectivity index (χ0v) is 11.4. The summed E-state index contributed by atoms with van der Waals surface area (Å²) in [5, 5.41) is 7.95. The van der Waals surface area contributed by atoms with E-state index in [0.29, 0.717) is 6.04 Å². The van der Waals surface area contributed by atoms with Crippen LogP contribution in [0, 0.1) is 12.8 Å². The van der Waals surface area contributed by atoms with Crippen molar-refractivity contribution in [1.82, 2.24) is 15.1 Å². The van der Waals surface area contributed by atoms with Crippen LogP contribution in [0.2, 0.25) is 0 Å². The minimum atomic E-state index is 0.634. The highest BCUT2D eigenvalue weighted by Crippen LogP contribution is 2.26. The molecule has 1 atom stereocenters. The third-order valence-corrected chi connectivity index (χ3v) is 4.31. The fraction of sp³-hybridized carbons (Fsp3) is 0.786. The Balaban J connectivity index is 1.83. The molecule has 1 fully saturated rings. The first kappa shape index (κ1) is 12.6. The van der Waals surface area contributed by atoms with Gasteiger partial charge in [0.15, 0.2) is 0 Å². The second-order valence-electron chi connectivity index (χ2n) is 5.45. The number of rotatable bonds is 4. The fourth-order valence-electron chi connectivity index (χ4n) is 2.79. The topological polar surface area (TPSA) is 29.9 Å². The van der Waals surface area contributed by atoms with E-state index >= 15 is 0 Å². The summed E-state index contributed by atoms with van der Waals surface area (Å²) in [5.74, 6) is 0.876. The molecule has 0 amide bonds. The lowest BCUT2D eigenvalue weighted by Gasteiger charge is -2.28. The van der Waals surface area contributed by atoms with Crippen molar-refractivity contribution in [3.05, 3.63) is 17.5 Å². The van der Waals surface area contributed by atoms with Crippen molar-refractivity contribution in [2.24, 2.45) is 13.0 Å². The second-order valence-corrected chi connectivity index (χ2v) is 5.45. The highest BCUT2D eigenvalue weighted by Gasteiger charge is 2.19. The summed E-state index contributed by atoms with van der Waals surface area (Å²) in [7, 11) is 2.00. The summed E-state index contributed by atoms with van der Waals surface area (Å²) >= 11 is 0. The molecule has 96 valence electrons. The molecule has 0 radical (unpaired) electrons. The predicted molar refractivity (Wildman–Crippen MR) is 70.8 cm³/mol. The van der Waals surface area contributed by atoms with Crippen LogP contribution in [0.25, 0.3) is 0 Å². The number of aryl methyl sites for hydroxylation is 1.